The Labute approximate surface area is 120 Å². The van der Waals surface area contributed by atoms with E-state index in [2.05, 4.69) is 4.90 Å². The maximum Gasteiger partial charge on any atom is 0.164 e. The summed E-state index contributed by atoms with van der Waals surface area (Å²) in [7, 11) is 0. The summed E-state index contributed by atoms with van der Waals surface area (Å²) < 4.78 is 0. The van der Waals surface area contributed by atoms with Crippen LogP contribution in [-0.4, -0.2) is 35.4 Å². The molecule has 1 aliphatic carbocycles. The van der Waals surface area contributed by atoms with Crippen molar-refractivity contribution in [2.45, 2.75) is 32.1 Å². The van der Waals surface area contributed by atoms with Crippen molar-refractivity contribution in [3.05, 3.63) is 29.8 Å². The van der Waals surface area contributed by atoms with E-state index in [-0.39, 0.29) is 11.5 Å². The largest absolute Gasteiger partial charge is 0.508 e. The lowest BCUT2D eigenvalue weighted by Gasteiger charge is -2.24. The fourth-order valence-corrected chi connectivity index (χ4v) is 3.68. The van der Waals surface area contributed by atoms with Gasteiger partial charge in [-0.15, -0.1) is 0 Å². The van der Waals surface area contributed by atoms with Crippen LogP contribution in [-0.2, 0) is 0 Å². The number of hydrogen-bond donors (Lipinski definition) is 1. The molecule has 2 bridgehead atoms. The number of carbonyl (C=O) groups is 1. The number of likely N-dealkylation sites (tertiary alicyclic amines) is 1. The van der Waals surface area contributed by atoms with Crippen LogP contribution in [0.2, 0.25) is 0 Å². The second-order valence-corrected chi connectivity index (χ2v) is 6.35. The molecule has 1 saturated carbocycles. The number of rotatable bonds is 4. The fraction of sp³-hybridized carbons (Fsp3) is 0.588. The Hall–Kier alpha value is -1.35. The molecule has 1 heterocycles. The van der Waals surface area contributed by atoms with E-state index in [1.165, 1.54) is 32.2 Å². The van der Waals surface area contributed by atoms with Crippen LogP contribution in [0.1, 0.15) is 42.5 Å². The van der Waals surface area contributed by atoms with Gasteiger partial charge in [0.1, 0.15) is 5.75 Å². The number of fused-ring (bicyclic) bond motifs is 2. The summed E-state index contributed by atoms with van der Waals surface area (Å²) >= 11 is 0. The maximum absolute atomic E-state index is 12.1. The first kappa shape index (κ1) is 13.6. The number of Topliss-reactive ketones (excluding diaryl/α,β-unsaturated/α-hetero) is 1. The molecule has 2 fully saturated rings. The highest BCUT2D eigenvalue weighted by molar-refractivity contribution is 5.96. The number of phenols is 1. The second-order valence-electron chi connectivity index (χ2n) is 6.35. The minimum absolute atomic E-state index is 0.180. The van der Waals surface area contributed by atoms with Gasteiger partial charge < -0.3 is 10.0 Å². The summed E-state index contributed by atoms with van der Waals surface area (Å²) in [5.41, 5.74) is 0.708. The van der Waals surface area contributed by atoms with Gasteiger partial charge in [0.25, 0.3) is 0 Å². The van der Waals surface area contributed by atoms with Crippen LogP contribution in [0, 0.1) is 11.8 Å². The monoisotopic (exact) mass is 273 g/mol. The first-order valence-corrected chi connectivity index (χ1v) is 7.75. The molecule has 0 radical (unpaired) electrons. The van der Waals surface area contributed by atoms with Crippen LogP contribution in [0.5, 0.6) is 5.75 Å². The molecule has 3 rings (SSSR count). The molecule has 2 atom stereocenters. The van der Waals surface area contributed by atoms with Gasteiger partial charge in [0.15, 0.2) is 5.78 Å². The molecule has 1 aliphatic heterocycles. The number of ketones is 1. The molecule has 1 aromatic rings. The molecule has 1 N–H and O–H groups in total. The van der Waals surface area contributed by atoms with E-state index in [1.807, 2.05) is 0 Å². The van der Waals surface area contributed by atoms with E-state index >= 15 is 0 Å². The minimum atomic E-state index is 0.180. The zero-order chi connectivity index (χ0) is 13.9. The van der Waals surface area contributed by atoms with Crippen molar-refractivity contribution in [1.82, 2.24) is 4.90 Å². The van der Waals surface area contributed by atoms with E-state index in [0.29, 0.717) is 12.0 Å². The topological polar surface area (TPSA) is 40.5 Å². The normalized spacial score (nSPS) is 26.4. The summed E-state index contributed by atoms with van der Waals surface area (Å²) in [6.07, 6.45) is 6.10. The number of phenolic OH excluding ortho intramolecular Hbond substituents is 1. The van der Waals surface area contributed by atoms with Crippen molar-refractivity contribution in [3.8, 4) is 5.75 Å². The predicted octanol–water partition coefficient (Wildman–Crippen LogP) is 3.09. The lowest BCUT2D eigenvalue weighted by molar-refractivity contribution is 0.0960. The van der Waals surface area contributed by atoms with Crippen molar-refractivity contribution in [3.63, 3.8) is 0 Å². The molecule has 2 aliphatic rings. The van der Waals surface area contributed by atoms with Crippen molar-refractivity contribution in [2.24, 2.45) is 11.8 Å². The van der Waals surface area contributed by atoms with Gasteiger partial charge >= 0.3 is 0 Å². The average Bonchev–Trinajstić information content (AvgIpc) is 2.78. The van der Waals surface area contributed by atoms with Gasteiger partial charge in [-0.2, -0.15) is 0 Å². The Morgan fingerprint density at radius 1 is 1.15 bits per heavy atom. The third-order valence-electron chi connectivity index (χ3n) is 4.86. The van der Waals surface area contributed by atoms with Gasteiger partial charge in [-0.1, -0.05) is 6.42 Å². The van der Waals surface area contributed by atoms with Crippen LogP contribution in [0.15, 0.2) is 24.3 Å². The number of benzene rings is 1. The summed E-state index contributed by atoms with van der Waals surface area (Å²) in [5.74, 6) is 2.20. The standard InChI is InChI=1S/C17H23NO2/c19-16-5-3-15(4-6-16)17(20)8-10-18-9-7-13-1-2-14(11-13)12-18/h3-6,13-14,19H,1-2,7-12H2/t13-,14-/m0/s1. The van der Waals surface area contributed by atoms with Crippen molar-refractivity contribution in [2.75, 3.05) is 19.6 Å². The van der Waals surface area contributed by atoms with Crippen molar-refractivity contribution in [1.29, 1.82) is 0 Å². The molecular formula is C17H23NO2. The molecule has 3 nitrogen and oxygen atoms in total. The SMILES string of the molecule is O=C(CCN1CC[C@@H]2CC[C@@H](C2)C1)c1ccc(O)cc1. The first-order valence-electron chi connectivity index (χ1n) is 7.75. The van der Waals surface area contributed by atoms with Crippen LogP contribution in [0.25, 0.3) is 0 Å². The quantitative estimate of drug-likeness (QED) is 0.857. The van der Waals surface area contributed by atoms with Crippen LogP contribution >= 0.6 is 0 Å². The molecule has 0 amide bonds. The van der Waals surface area contributed by atoms with Crippen LogP contribution in [0.3, 0.4) is 0 Å². The molecule has 20 heavy (non-hydrogen) atoms. The summed E-state index contributed by atoms with van der Waals surface area (Å²) in [4.78, 5) is 14.6. The van der Waals surface area contributed by atoms with Gasteiger partial charge in [-0.3, -0.25) is 4.79 Å². The summed E-state index contributed by atoms with van der Waals surface area (Å²) in [5, 5.41) is 9.24. The Morgan fingerprint density at radius 2 is 1.90 bits per heavy atom. The molecule has 0 spiro atoms. The number of hydrogen-bond acceptors (Lipinski definition) is 3. The molecule has 0 aromatic heterocycles. The van der Waals surface area contributed by atoms with Crippen LogP contribution in [0.4, 0.5) is 0 Å². The second kappa shape index (κ2) is 5.96. The number of nitrogens with zero attached hydrogens (tertiary/aromatic N) is 1. The highest BCUT2D eigenvalue weighted by Gasteiger charge is 2.29. The number of aromatic hydroxyl groups is 1. The number of carbonyl (C=O) groups excluding carboxylic acids is 1. The lowest BCUT2D eigenvalue weighted by Crippen LogP contribution is -2.31. The smallest absolute Gasteiger partial charge is 0.164 e. The van der Waals surface area contributed by atoms with E-state index in [9.17, 15) is 9.90 Å². The van der Waals surface area contributed by atoms with Gasteiger partial charge in [0.2, 0.25) is 0 Å². The maximum atomic E-state index is 12.1. The van der Waals surface area contributed by atoms with Crippen molar-refractivity contribution < 1.29 is 9.90 Å². The van der Waals surface area contributed by atoms with Gasteiger partial charge in [0.05, 0.1) is 0 Å². The first-order chi connectivity index (χ1) is 9.70. The molecule has 3 heteroatoms. The fourth-order valence-electron chi connectivity index (χ4n) is 3.68. The third-order valence-corrected chi connectivity index (χ3v) is 4.86. The molecule has 108 valence electrons. The van der Waals surface area contributed by atoms with Crippen molar-refractivity contribution >= 4 is 5.78 Å². The zero-order valence-corrected chi connectivity index (χ0v) is 11.9. The van der Waals surface area contributed by atoms with Gasteiger partial charge in [-0.05, 0) is 61.9 Å². The minimum Gasteiger partial charge on any atom is -0.508 e. The van der Waals surface area contributed by atoms with E-state index < -0.39 is 0 Å². The summed E-state index contributed by atoms with van der Waals surface area (Å²) in [6.45, 7) is 3.21. The third kappa shape index (κ3) is 3.21. The Morgan fingerprint density at radius 3 is 2.70 bits per heavy atom. The van der Waals surface area contributed by atoms with Crippen LogP contribution < -0.4 is 0 Å². The highest BCUT2D eigenvalue weighted by Crippen LogP contribution is 2.36. The lowest BCUT2D eigenvalue weighted by atomic mass is 10.0. The molecule has 1 saturated heterocycles. The predicted molar refractivity (Wildman–Crippen MR) is 78.9 cm³/mol. The summed E-state index contributed by atoms with van der Waals surface area (Å²) in [6, 6.07) is 6.58. The van der Waals surface area contributed by atoms with Gasteiger partial charge in [0, 0.05) is 25.1 Å². The molecular weight excluding hydrogens is 250 g/mol. The highest BCUT2D eigenvalue weighted by atomic mass is 16.3. The molecule has 0 unspecified atom stereocenters. The molecule has 1 aromatic carbocycles. The Kier molecular flexibility index (Phi) is 4.06. The zero-order valence-electron chi connectivity index (χ0n) is 11.9. The van der Waals surface area contributed by atoms with E-state index in [1.54, 1.807) is 24.3 Å². The Balaban J connectivity index is 1.51. The average molecular weight is 273 g/mol. The van der Waals surface area contributed by atoms with E-state index in [0.717, 1.165) is 24.9 Å². The van der Waals surface area contributed by atoms with Gasteiger partial charge in [-0.25, -0.2) is 0 Å². The van der Waals surface area contributed by atoms with E-state index in [4.69, 9.17) is 0 Å². The Bertz CT molecular complexity index is 468.